The fraction of sp³-hybridized carbons (Fsp3) is 0.364. The average molecular weight is 460 g/mol. The van der Waals surface area contributed by atoms with Gasteiger partial charge in [0.05, 0.1) is 5.02 Å². The number of benzene rings is 1. The summed E-state index contributed by atoms with van der Waals surface area (Å²) in [5.74, 6) is -1.07. The Morgan fingerprint density at radius 2 is 2.12 bits per heavy atom. The number of imide groups is 1. The molecule has 2 N–H and O–H groups in total. The zero-order chi connectivity index (χ0) is 22.9. The zero-order valence-corrected chi connectivity index (χ0v) is 18.2. The highest BCUT2D eigenvalue weighted by Gasteiger charge is 2.48. The summed E-state index contributed by atoms with van der Waals surface area (Å²) in [7, 11) is 0. The Labute approximate surface area is 189 Å². The third-order valence-electron chi connectivity index (χ3n) is 6.02. The smallest absolute Gasteiger partial charge is 0.322 e. The fourth-order valence-corrected chi connectivity index (χ4v) is 4.49. The molecule has 0 aliphatic carbocycles. The number of rotatable bonds is 5. The molecule has 2 atom stereocenters. The number of aromatic nitrogens is 1. The topological polar surface area (TPSA) is 94.6 Å². The molecule has 10 heteroatoms. The minimum absolute atomic E-state index is 0.00371. The summed E-state index contributed by atoms with van der Waals surface area (Å²) >= 11 is 5.92. The standard InChI is InChI=1S/C22H23ClFN5O3/c1-14-13-28(9-10-29(14)16-4-5-18(24)17(23)11-16)19(30)6-7-22(15-3-2-8-25-12-15)20(31)26-21(32)27-22/h2-5,8,11-12,14H,6-7,9-10,13H2,1H3,(H2,26,27,31,32)/t14-,22?/m0/s1. The number of piperazine rings is 1. The van der Waals surface area contributed by atoms with Crippen LogP contribution in [0, 0.1) is 5.82 Å². The molecule has 4 rings (SSSR count). The number of nitrogens with one attached hydrogen (secondary N) is 2. The SMILES string of the molecule is C[C@H]1CN(C(=O)CCC2(c3cccnc3)NC(=O)NC2=O)CCN1c1ccc(F)c(Cl)c1. The molecule has 2 fully saturated rings. The van der Waals surface area contributed by atoms with E-state index in [-0.39, 0.29) is 29.8 Å². The molecule has 0 spiro atoms. The van der Waals surface area contributed by atoms with Crippen LogP contribution >= 0.6 is 11.6 Å². The number of hydrogen-bond donors (Lipinski definition) is 2. The van der Waals surface area contributed by atoms with E-state index in [9.17, 15) is 18.8 Å². The predicted molar refractivity (Wildman–Crippen MR) is 117 cm³/mol. The molecule has 2 aliphatic heterocycles. The molecule has 8 nitrogen and oxygen atoms in total. The van der Waals surface area contributed by atoms with Gasteiger partial charge >= 0.3 is 6.03 Å². The largest absolute Gasteiger partial charge is 0.365 e. The third kappa shape index (κ3) is 4.12. The van der Waals surface area contributed by atoms with Crippen LogP contribution in [-0.2, 0) is 15.1 Å². The van der Waals surface area contributed by atoms with Gasteiger partial charge in [-0.15, -0.1) is 0 Å². The lowest BCUT2D eigenvalue weighted by atomic mass is 9.86. The van der Waals surface area contributed by atoms with Crippen molar-refractivity contribution in [2.24, 2.45) is 0 Å². The van der Waals surface area contributed by atoms with Crippen LogP contribution in [0.5, 0.6) is 0 Å². The number of amides is 4. The van der Waals surface area contributed by atoms with Crippen molar-refractivity contribution in [3.8, 4) is 0 Å². The third-order valence-corrected chi connectivity index (χ3v) is 6.31. The zero-order valence-electron chi connectivity index (χ0n) is 17.5. The summed E-state index contributed by atoms with van der Waals surface area (Å²) in [6.07, 6.45) is 3.30. The normalized spacial score (nSPS) is 23.2. The Morgan fingerprint density at radius 3 is 2.75 bits per heavy atom. The Bertz CT molecular complexity index is 1050. The van der Waals surface area contributed by atoms with Gasteiger partial charge in [0.1, 0.15) is 11.4 Å². The van der Waals surface area contributed by atoms with Crippen molar-refractivity contribution in [3.63, 3.8) is 0 Å². The van der Waals surface area contributed by atoms with Crippen molar-refractivity contribution in [2.45, 2.75) is 31.3 Å². The first kappa shape index (κ1) is 22.0. The van der Waals surface area contributed by atoms with E-state index in [1.807, 2.05) is 6.92 Å². The maximum atomic E-state index is 13.5. The van der Waals surface area contributed by atoms with Crippen LogP contribution in [0.4, 0.5) is 14.9 Å². The summed E-state index contributed by atoms with van der Waals surface area (Å²) in [5, 5.41) is 5.00. The lowest BCUT2D eigenvalue weighted by molar-refractivity contribution is -0.133. The van der Waals surface area contributed by atoms with Crippen LogP contribution in [0.3, 0.4) is 0 Å². The highest BCUT2D eigenvalue weighted by atomic mass is 35.5. The molecule has 32 heavy (non-hydrogen) atoms. The first-order valence-electron chi connectivity index (χ1n) is 10.3. The molecule has 0 bridgehead atoms. The number of anilines is 1. The van der Waals surface area contributed by atoms with E-state index in [0.29, 0.717) is 25.2 Å². The summed E-state index contributed by atoms with van der Waals surface area (Å²) in [6.45, 7) is 3.52. The molecular weight excluding hydrogens is 437 g/mol. The van der Waals surface area contributed by atoms with Gasteiger partial charge in [-0.1, -0.05) is 17.7 Å². The second kappa shape index (κ2) is 8.74. The molecule has 1 aromatic carbocycles. The lowest BCUT2D eigenvalue weighted by Gasteiger charge is -2.41. The maximum Gasteiger partial charge on any atom is 0.322 e. The summed E-state index contributed by atoms with van der Waals surface area (Å²) < 4.78 is 13.5. The highest BCUT2D eigenvalue weighted by Crippen LogP contribution is 2.31. The number of nitrogens with zero attached hydrogens (tertiary/aromatic N) is 3. The summed E-state index contributed by atoms with van der Waals surface area (Å²) in [5.41, 5.74) is 0.0126. The van der Waals surface area contributed by atoms with E-state index >= 15 is 0 Å². The highest BCUT2D eigenvalue weighted by molar-refractivity contribution is 6.31. The first-order chi connectivity index (χ1) is 15.3. The molecule has 1 unspecified atom stereocenters. The molecule has 2 aromatic rings. The quantitative estimate of drug-likeness (QED) is 0.670. The van der Waals surface area contributed by atoms with Crippen molar-refractivity contribution in [2.75, 3.05) is 24.5 Å². The molecule has 4 amide bonds. The van der Waals surface area contributed by atoms with Gasteiger partial charge in [-0.05, 0) is 37.6 Å². The van der Waals surface area contributed by atoms with Gasteiger partial charge in [0, 0.05) is 55.7 Å². The molecule has 2 saturated heterocycles. The second-order valence-electron chi connectivity index (χ2n) is 8.04. The van der Waals surface area contributed by atoms with Crippen LogP contribution < -0.4 is 15.5 Å². The van der Waals surface area contributed by atoms with Gasteiger partial charge in [0.2, 0.25) is 5.91 Å². The van der Waals surface area contributed by atoms with Crippen LogP contribution in [0.15, 0.2) is 42.7 Å². The minimum Gasteiger partial charge on any atom is -0.365 e. The van der Waals surface area contributed by atoms with E-state index in [2.05, 4.69) is 20.5 Å². The van der Waals surface area contributed by atoms with Gasteiger partial charge in [-0.2, -0.15) is 0 Å². The summed E-state index contributed by atoms with van der Waals surface area (Å²) in [6, 6.07) is 7.39. The number of pyridine rings is 1. The molecule has 2 aliphatic rings. The number of urea groups is 1. The average Bonchev–Trinajstić information content (AvgIpc) is 3.08. The van der Waals surface area contributed by atoms with Crippen LogP contribution in [-0.4, -0.2) is 53.4 Å². The minimum atomic E-state index is -1.32. The van der Waals surface area contributed by atoms with Crippen molar-refractivity contribution < 1.29 is 18.8 Å². The van der Waals surface area contributed by atoms with Crippen LogP contribution in [0.25, 0.3) is 0 Å². The molecular formula is C22H23ClFN5O3. The molecule has 0 saturated carbocycles. The Balaban J connectivity index is 1.42. The molecule has 168 valence electrons. The van der Waals surface area contributed by atoms with Crippen LogP contribution in [0.1, 0.15) is 25.3 Å². The van der Waals surface area contributed by atoms with Crippen LogP contribution in [0.2, 0.25) is 5.02 Å². The first-order valence-corrected chi connectivity index (χ1v) is 10.7. The number of carbonyl (C=O) groups is 3. The Morgan fingerprint density at radius 1 is 1.31 bits per heavy atom. The Hall–Kier alpha value is -3.20. The van der Waals surface area contributed by atoms with E-state index in [0.717, 1.165) is 5.69 Å². The van der Waals surface area contributed by atoms with Crippen molar-refractivity contribution in [1.82, 2.24) is 20.5 Å². The monoisotopic (exact) mass is 459 g/mol. The van der Waals surface area contributed by atoms with Crippen molar-refractivity contribution >= 4 is 35.1 Å². The lowest BCUT2D eigenvalue weighted by Crippen LogP contribution is -2.54. The van der Waals surface area contributed by atoms with Crippen molar-refractivity contribution in [3.05, 3.63) is 59.1 Å². The van der Waals surface area contributed by atoms with Gasteiger partial charge in [-0.3, -0.25) is 19.9 Å². The van der Waals surface area contributed by atoms with Gasteiger partial charge in [0.15, 0.2) is 0 Å². The van der Waals surface area contributed by atoms with Crippen molar-refractivity contribution in [1.29, 1.82) is 0 Å². The number of halogens is 2. The molecule has 1 aromatic heterocycles. The fourth-order valence-electron chi connectivity index (χ4n) is 4.31. The van der Waals surface area contributed by atoms with Gasteiger partial charge < -0.3 is 15.1 Å². The Kier molecular flexibility index (Phi) is 6.01. The van der Waals surface area contributed by atoms with Gasteiger partial charge in [0.25, 0.3) is 5.91 Å². The number of carbonyl (C=O) groups excluding carboxylic acids is 3. The predicted octanol–water partition coefficient (Wildman–Crippen LogP) is 2.43. The van der Waals surface area contributed by atoms with Gasteiger partial charge in [-0.25, -0.2) is 9.18 Å². The van der Waals surface area contributed by atoms with E-state index < -0.39 is 23.3 Å². The number of hydrogen-bond acceptors (Lipinski definition) is 5. The van der Waals surface area contributed by atoms with E-state index in [4.69, 9.17) is 11.6 Å². The second-order valence-corrected chi connectivity index (χ2v) is 8.44. The molecule has 3 heterocycles. The maximum absolute atomic E-state index is 13.5. The summed E-state index contributed by atoms with van der Waals surface area (Å²) in [4.78, 5) is 45.3. The van der Waals surface area contributed by atoms with E-state index in [1.165, 1.54) is 12.3 Å². The molecule has 0 radical (unpaired) electrons. The van der Waals surface area contributed by atoms with E-state index in [1.54, 1.807) is 35.4 Å².